The zero-order valence-electron chi connectivity index (χ0n) is 12.0. The van der Waals surface area contributed by atoms with Crippen molar-refractivity contribution in [3.05, 3.63) is 42.0 Å². The van der Waals surface area contributed by atoms with Crippen molar-refractivity contribution in [3.63, 3.8) is 0 Å². The molecule has 0 aromatic heterocycles. The van der Waals surface area contributed by atoms with Crippen LogP contribution in [0.1, 0.15) is 31.7 Å². The van der Waals surface area contributed by atoms with Gasteiger partial charge in [-0.3, -0.25) is 4.79 Å². The van der Waals surface area contributed by atoms with Crippen molar-refractivity contribution < 1.29 is 9.90 Å². The second kappa shape index (κ2) is 6.76. The van der Waals surface area contributed by atoms with E-state index in [1.165, 1.54) is 0 Å². The predicted molar refractivity (Wildman–Crippen MR) is 83.2 cm³/mol. The van der Waals surface area contributed by atoms with Crippen molar-refractivity contribution >= 4 is 22.4 Å². The third-order valence-electron chi connectivity index (χ3n) is 3.47. The summed E-state index contributed by atoms with van der Waals surface area (Å²) in [4.78, 5) is 10.5. The van der Waals surface area contributed by atoms with Crippen molar-refractivity contribution in [1.29, 1.82) is 5.26 Å². The number of benzene rings is 2. The van der Waals surface area contributed by atoms with Crippen molar-refractivity contribution in [3.8, 4) is 6.07 Å². The van der Waals surface area contributed by atoms with Gasteiger partial charge in [-0.1, -0.05) is 24.3 Å². The lowest BCUT2D eigenvalue weighted by molar-refractivity contribution is -0.137. The summed E-state index contributed by atoms with van der Waals surface area (Å²) in [7, 11) is 0. The maximum atomic E-state index is 10.5. The van der Waals surface area contributed by atoms with Gasteiger partial charge in [-0.2, -0.15) is 5.26 Å². The molecule has 2 N–H and O–H groups in total. The Hall–Kier alpha value is -2.54. The molecule has 0 radical (unpaired) electrons. The standard InChI is InChI=1S/C17H18N2O2/c1-12(5-4-8-17(20)21)19-16-10-9-13(11-18)14-6-2-3-7-15(14)16/h2-3,6-7,9-10,12,19H,4-5,8H2,1H3,(H,20,21). The second-order valence-corrected chi connectivity index (χ2v) is 5.15. The Morgan fingerprint density at radius 1 is 1.29 bits per heavy atom. The molecule has 4 nitrogen and oxygen atoms in total. The minimum atomic E-state index is -0.758. The Morgan fingerprint density at radius 3 is 2.67 bits per heavy atom. The molecule has 2 rings (SSSR count). The van der Waals surface area contributed by atoms with Crippen molar-refractivity contribution in [2.75, 3.05) is 5.32 Å². The molecule has 0 spiro atoms. The molecule has 0 saturated carbocycles. The van der Waals surface area contributed by atoms with E-state index in [-0.39, 0.29) is 12.5 Å². The number of hydrogen-bond acceptors (Lipinski definition) is 3. The normalized spacial score (nSPS) is 11.8. The fraction of sp³-hybridized carbons (Fsp3) is 0.294. The average Bonchev–Trinajstić information content (AvgIpc) is 2.47. The highest BCUT2D eigenvalue weighted by atomic mass is 16.4. The Morgan fingerprint density at radius 2 is 2.00 bits per heavy atom. The number of fused-ring (bicyclic) bond motifs is 1. The van der Waals surface area contributed by atoms with E-state index in [0.717, 1.165) is 22.9 Å². The first-order valence-corrected chi connectivity index (χ1v) is 7.02. The smallest absolute Gasteiger partial charge is 0.303 e. The first-order chi connectivity index (χ1) is 10.1. The zero-order valence-corrected chi connectivity index (χ0v) is 12.0. The summed E-state index contributed by atoms with van der Waals surface area (Å²) in [6.07, 6.45) is 1.64. The number of anilines is 1. The molecular weight excluding hydrogens is 264 g/mol. The summed E-state index contributed by atoms with van der Waals surface area (Å²) in [5, 5.41) is 23.2. The van der Waals surface area contributed by atoms with Crippen LogP contribution in [0.15, 0.2) is 36.4 Å². The van der Waals surface area contributed by atoms with E-state index in [2.05, 4.69) is 11.4 Å². The van der Waals surface area contributed by atoms with E-state index in [1.807, 2.05) is 43.3 Å². The maximum Gasteiger partial charge on any atom is 0.303 e. The SMILES string of the molecule is CC(CCCC(=O)O)Nc1ccc(C#N)c2ccccc12. The highest BCUT2D eigenvalue weighted by Gasteiger charge is 2.08. The Kier molecular flexibility index (Phi) is 4.78. The van der Waals surface area contributed by atoms with Gasteiger partial charge in [0.15, 0.2) is 0 Å². The van der Waals surface area contributed by atoms with Gasteiger partial charge in [-0.25, -0.2) is 0 Å². The Balaban J connectivity index is 2.16. The van der Waals surface area contributed by atoms with Gasteiger partial charge in [0.05, 0.1) is 11.6 Å². The van der Waals surface area contributed by atoms with Crippen LogP contribution in [0.25, 0.3) is 10.8 Å². The van der Waals surface area contributed by atoms with Gasteiger partial charge in [0.1, 0.15) is 0 Å². The summed E-state index contributed by atoms with van der Waals surface area (Å²) < 4.78 is 0. The molecular formula is C17H18N2O2. The van der Waals surface area contributed by atoms with Crippen LogP contribution in [0, 0.1) is 11.3 Å². The molecule has 0 aliphatic heterocycles. The molecule has 0 aliphatic rings. The highest BCUT2D eigenvalue weighted by molar-refractivity contribution is 5.97. The van der Waals surface area contributed by atoms with Crippen molar-refractivity contribution in [1.82, 2.24) is 0 Å². The molecule has 4 heteroatoms. The topological polar surface area (TPSA) is 73.1 Å². The van der Waals surface area contributed by atoms with Crippen LogP contribution in [0.3, 0.4) is 0 Å². The number of nitriles is 1. The molecule has 0 fully saturated rings. The molecule has 1 unspecified atom stereocenters. The van der Waals surface area contributed by atoms with Crippen LogP contribution < -0.4 is 5.32 Å². The van der Waals surface area contributed by atoms with Crippen molar-refractivity contribution in [2.24, 2.45) is 0 Å². The van der Waals surface area contributed by atoms with Crippen LogP contribution in [0.2, 0.25) is 0 Å². The van der Waals surface area contributed by atoms with Gasteiger partial charge in [-0.05, 0) is 31.9 Å². The fourth-order valence-corrected chi connectivity index (χ4v) is 2.42. The van der Waals surface area contributed by atoms with Crippen LogP contribution in [0.4, 0.5) is 5.69 Å². The predicted octanol–water partition coefficient (Wildman–Crippen LogP) is 3.77. The third kappa shape index (κ3) is 3.73. The number of nitrogens with zero attached hydrogens (tertiary/aromatic N) is 1. The minimum absolute atomic E-state index is 0.181. The van der Waals surface area contributed by atoms with Crippen LogP contribution in [-0.4, -0.2) is 17.1 Å². The molecule has 2 aromatic carbocycles. The molecule has 2 aromatic rings. The van der Waals surface area contributed by atoms with Crippen LogP contribution in [0.5, 0.6) is 0 Å². The summed E-state index contributed by atoms with van der Waals surface area (Å²) in [6.45, 7) is 2.04. The quantitative estimate of drug-likeness (QED) is 0.846. The second-order valence-electron chi connectivity index (χ2n) is 5.15. The lowest BCUT2D eigenvalue weighted by atomic mass is 10.0. The number of hydrogen-bond donors (Lipinski definition) is 2. The summed E-state index contributed by atoms with van der Waals surface area (Å²) >= 11 is 0. The van der Waals surface area contributed by atoms with E-state index in [9.17, 15) is 4.79 Å². The first-order valence-electron chi connectivity index (χ1n) is 7.02. The lowest BCUT2D eigenvalue weighted by Crippen LogP contribution is -2.15. The molecule has 108 valence electrons. The number of carboxylic acid groups (broad SMARTS) is 1. The maximum absolute atomic E-state index is 10.5. The molecule has 0 bridgehead atoms. The van der Waals surface area contributed by atoms with Crippen molar-refractivity contribution in [2.45, 2.75) is 32.2 Å². The molecule has 0 heterocycles. The summed E-state index contributed by atoms with van der Waals surface area (Å²) in [5.74, 6) is -0.758. The highest BCUT2D eigenvalue weighted by Crippen LogP contribution is 2.27. The molecule has 0 saturated heterocycles. The zero-order chi connectivity index (χ0) is 15.2. The number of rotatable bonds is 6. The monoisotopic (exact) mass is 282 g/mol. The van der Waals surface area contributed by atoms with Crippen LogP contribution >= 0.6 is 0 Å². The number of aliphatic carboxylic acids is 1. The number of carboxylic acids is 1. The van der Waals surface area contributed by atoms with Gasteiger partial charge in [0.2, 0.25) is 0 Å². The van der Waals surface area contributed by atoms with E-state index in [1.54, 1.807) is 0 Å². The molecule has 0 aliphatic carbocycles. The van der Waals surface area contributed by atoms with E-state index in [0.29, 0.717) is 12.0 Å². The Labute approximate surface area is 124 Å². The van der Waals surface area contributed by atoms with E-state index < -0.39 is 5.97 Å². The summed E-state index contributed by atoms with van der Waals surface area (Å²) in [6, 6.07) is 13.9. The largest absolute Gasteiger partial charge is 0.481 e. The molecule has 1 atom stereocenters. The van der Waals surface area contributed by atoms with Gasteiger partial charge >= 0.3 is 5.97 Å². The minimum Gasteiger partial charge on any atom is -0.481 e. The first kappa shape index (κ1) is 14.9. The summed E-state index contributed by atoms with van der Waals surface area (Å²) in [5.41, 5.74) is 1.64. The molecule has 0 amide bonds. The van der Waals surface area contributed by atoms with Gasteiger partial charge in [0.25, 0.3) is 0 Å². The molecule has 21 heavy (non-hydrogen) atoms. The third-order valence-corrected chi connectivity index (χ3v) is 3.47. The number of carbonyl (C=O) groups is 1. The van der Waals surface area contributed by atoms with Gasteiger partial charge in [-0.15, -0.1) is 0 Å². The lowest BCUT2D eigenvalue weighted by Gasteiger charge is -2.17. The van der Waals surface area contributed by atoms with Crippen LogP contribution in [-0.2, 0) is 4.79 Å². The fourth-order valence-electron chi connectivity index (χ4n) is 2.42. The van der Waals surface area contributed by atoms with Gasteiger partial charge in [0, 0.05) is 28.9 Å². The number of nitrogens with one attached hydrogen (secondary N) is 1. The van der Waals surface area contributed by atoms with Gasteiger partial charge < -0.3 is 10.4 Å². The van der Waals surface area contributed by atoms with E-state index in [4.69, 9.17) is 10.4 Å². The average molecular weight is 282 g/mol. The van der Waals surface area contributed by atoms with E-state index >= 15 is 0 Å². The Bertz CT molecular complexity index is 689.